The van der Waals surface area contributed by atoms with Crippen LogP contribution in [0.5, 0.6) is 0 Å². The predicted octanol–water partition coefficient (Wildman–Crippen LogP) is 3.32. The van der Waals surface area contributed by atoms with Gasteiger partial charge in [-0.2, -0.15) is 0 Å². The van der Waals surface area contributed by atoms with Gasteiger partial charge in [-0.05, 0) is 36.2 Å². The molecule has 1 N–H and O–H groups in total. The number of carbonyl (C=O) groups excluding carboxylic acids is 1. The molecule has 1 heterocycles. The Morgan fingerprint density at radius 1 is 1.11 bits per heavy atom. The highest BCUT2D eigenvalue weighted by Crippen LogP contribution is 2.11. The maximum absolute atomic E-state index is 11.8. The van der Waals surface area contributed by atoms with Crippen LogP contribution in [0.2, 0.25) is 0 Å². The molecule has 2 aromatic rings. The summed E-state index contributed by atoms with van der Waals surface area (Å²) < 4.78 is 0. The van der Waals surface area contributed by atoms with E-state index < -0.39 is 0 Å². The van der Waals surface area contributed by atoms with E-state index >= 15 is 0 Å². The van der Waals surface area contributed by atoms with E-state index in [2.05, 4.69) is 17.2 Å². The zero-order chi connectivity index (χ0) is 12.1. The van der Waals surface area contributed by atoms with E-state index in [0.717, 1.165) is 12.1 Å². The summed E-state index contributed by atoms with van der Waals surface area (Å²) in [7, 11) is 0. The molecular weight excluding hydrogens is 248 g/mol. The fourth-order valence-electron chi connectivity index (χ4n) is 1.53. The molecule has 94 valence electrons. The molecule has 0 spiro atoms. The van der Waals surface area contributed by atoms with Crippen LogP contribution in [0.3, 0.4) is 0 Å². The van der Waals surface area contributed by atoms with Gasteiger partial charge >= 0.3 is 0 Å². The summed E-state index contributed by atoms with van der Waals surface area (Å²) in [6.45, 7) is 2.10. The fraction of sp³-hybridized carbons (Fsp3) is 0.143. The van der Waals surface area contributed by atoms with E-state index in [1.807, 2.05) is 24.3 Å². The molecule has 0 unspecified atom stereocenters. The molecular formula is C14H15ClN2O. The summed E-state index contributed by atoms with van der Waals surface area (Å²) >= 11 is 0. The molecule has 1 aromatic carbocycles. The third kappa shape index (κ3) is 3.57. The summed E-state index contributed by atoms with van der Waals surface area (Å²) in [5.41, 5.74) is 2.68. The van der Waals surface area contributed by atoms with Crippen molar-refractivity contribution in [1.82, 2.24) is 4.98 Å². The highest BCUT2D eigenvalue weighted by Gasteiger charge is 2.04. The van der Waals surface area contributed by atoms with Gasteiger partial charge in [0, 0.05) is 23.6 Å². The van der Waals surface area contributed by atoms with Crippen LogP contribution in [0.25, 0.3) is 0 Å². The largest absolute Gasteiger partial charge is 0.322 e. The molecule has 0 saturated heterocycles. The second-order valence-corrected chi connectivity index (χ2v) is 3.74. The normalized spacial score (nSPS) is 9.39. The first-order valence-corrected chi connectivity index (χ1v) is 5.60. The van der Waals surface area contributed by atoms with Crippen LogP contribution in [-0.4, -0.2) is 10.9 Å². The predicted molar refractivity (Wildman–Crippen MR) is 75.3 cm³/mol. The zero-order valence-electron chi connectivity index (χ0n) is 10.1. The first-order chi connectivity index (χ1) is 8.29. The average Bonchev–Trinajstić information content (AvgIpc) is 2.40. The standard InChI is InChI=1S/C14H14N2O.ClH/c1-2-11-3-5-13(6-4-11)16-14(17)12-7-9-15-10-8-12;/h3-10H,2H2,1H3,(H,16,17);1H. The number of nitrogens with zero attached hydrogens (tertiary/aromatic N) is 1. The molecule has 0 bridgehead atoms. The molecule has 18 heavy (non-hydrogen) atoms. The van der Waals surface area contributed by atoms with E-state index in [4.69, 9.17) is 0 Å². The monoisotopic (exact) mass is 262 g/mol. The van der Waals surface area contributed by atoms with Crippen molar-refractivity contribution in [2.24, 2.45) is 0 Å². The average molecular weight is 263 g/mol. The minimum absolute atomic E-state index is 0. The van der Waals surface area contributed by atoms with Crippen LogP contribution in [-0.2, 0) is 6.42 Å². The summed E-state index contributed by atoms with van der Waals surface area (Å²) in [5.74, 6) is -0.114. The van der Waals surface area contributed by atoms with Gasteiger partial charge in [-0.25, -0.2) is 0 Å². The third-order valence-corrected chi connectivity index (χ3v) is 2.56. The number of pyridine rings is 1. The zero-order valence-corrected chi connectivity index (χ0v) is 10.9. The first kappa shape index (κ1) is 14.2. The lowest BCUT2D eigenvalue weighted by molar-refractivity contribution is 0.102. The van der Waals surface area contributed by atoms with Gasteiger partial charge in [-0.3, -0.25) is 9.78 Å². The molecule has 2 rings (SSSR count). The number of nitrogens with one attached hydrogen (secondary N) is 1. The van der Waals surface area contributed by atoms with Crippen LogP contribution in [0.4, 0.5) is 5.69 Å². The van der Waals surface area contributed by atoms with E-state index in [1.165, 1.54) is 5.56 Å². The molecule has 0 aliphatic heterocycles. The Labute approximate surface area is 113 Å². The molecule has 1 amide bonds. The quantitative estimate of drug-likeness (QED) is 0.922. The maximum atomic E-state index is 11.8. The Hall–Kier alpha value is -1.87. The molecule has 0 radical (unpaired) electrons. The lowest BCUT2D eigenvalue weighted by Crippen LogP contribution is -2.11. The van der Waals surface area contributed by atoms with E-state index in [-0.39, 0.29) is 18.3 Å². The number of aromatic nitrogens is 1. The summed E-state index contributed by atoms with van der Waals surface area (Å²) in [5, 5.41) is 2.84. The molecule has 1 aromatic heterocycles. The van der Waals surface area contributed by atoms with Crippen LogP contribution in [0, 0.1) is 0 Å². The van der Waals surface area contributed by atoms with E-state index in [9.17, 15) is 4.79 Å². The lowest BCUT2D eigenvalue weighted by Gasteiger charge is -2.05. The van der Waals surface area contributed by atoms with E-state index in [0.29, 0.717) is 5.56 Å². The van der Waals surface area contributed by atoms with Crippen LogP contribution < -0.4 is 5.32 Å². The molecule has 0 aliphatic rings. The van der Waals surface area contributed by atoms with Crippen molar-refractivity contribution in [2.45, 2.75) is 13.3 Å². The number of aryl methyl sites for hydroxylation is 1. The van der Waals surface area contributed by atoms with Crippen molar-refractivity contribution in [2.75, 3.05) is 5.32 Å². The van der Waals surface area contributed by atoms with Crippen molar-refractivity contribution in [3.05, 3.63) is 59.9 Å². The van der Waals surface area contributed by atoms with E-state index in [1.54, 1.807) is 24.5 Å². The minimum Gasteiger partial charge on any atom is -0.322 e. The number of carbonyl (C=O) groups is 1. The highest BCUT2D eigenvalue weighted by molar-refractivity contribution is 6.04. The summed E-state index contributed by atoms with van der Waals surface area (Å²) in [4.78, 5) is 15.7. The van der Waals surface area contributed by atoms with Crippen molar-refractivity contribution in [3.63, 3.8) is 0 Å². The number of benzene rings is 1. The van der Waals surface area contributed by atoms with Crippen molar-refractivity contribution >= 4 is 24.0 Å². The second kappa shape index (κ2) is 6.77. The summed E-state index contributed by atoms with van der Waals surface area (Å²) in [6.07, 6.45) is 4.21. The Kier molecular flexibility index (Phi) is 5.33. The van der Waals surface area contributed by atoms with Gasteiger partial charge in [-0.15, -0.1) is 12.4 Å². The number of anilines is 1. The van der Waals surface area contributed by atoms with Crippen molar-refractivity contribution in [1.29, 1.82) is 0 Å². The number of amides is 1. The minimum atomic E-state index is -0.114. The van der Waals surface area contributed by atoms with Crippen molar-refractivity contribution < 1.29 is 4.79 Å². The first-order valence-electron chi connectivity index (χ1n) is 5.60. The molecule has 0 atom stereocenters. The maximum Gasteiger partial charge on any atom is 0.255 e. The lowest BCUT2D eigenvalue weighted by atomic mass is 10.1. The summed E-state index contributed by atoms with van der Waals surface area (Å²) in [6, 6.07) is 11.2. The van der Waals surface area contributed by atoms with Gasteiger partial charge in [0.25, 0.3) is 5.91 Å². The van der Waals surface area contributed by atoms with Gasteiger partial charge in [0.2, 0.25) is 0 Å². The van der Waals surface area contributed by atoms with Gasteiger partial charge in [0.15, 0.2) is 0 Å². The number of hydrogen-bond acceptors (Lipinski definition) is 2. The van der Waals surface area contributed by atoms with Gasteiger partial charge in [-0.1, -0.05) is 19.1 Å². The SMILES string of the molecule is CCc1ccc(NC(=O)c2ccncc2)cc1.Cl. The van der Waals surface area contributed by atoms with Gasteiger partial charge in [0.1, 0.15) is 0 Å². The number of rotatable bonds is 3. The number of hydrogen-bond donors (Lipinski definition) is 1. The number of halogens is 1. The molecule has 4 heteroatoms. The third-order valence-electron chi connectivity index (χ3n) is 2.56. The molecule has 3 nitrogen and oxygen atoms in total. The second-order valence-electron chi connectivity index (χ2n) is 3.74. The topological polar surface area (TPSA) is 42.0 Å². The Morgan fingerprint density at radius 2 is 1.72 bits per heavy atom. The molecule has 0 aliphatic carbocycles. The Bertz CT molecular complexity index is 497. The van der Waals surface area contributed by atoms with Crippen LogP contribution in [0.15, 0.2) is 48.8 Å². The molecule has 0 saturated carbocycles. The van der Waals surface area contributed by atoms with Crippen LogP contribution in [0.1, 0.15) is 22.8 Å². The highest BCUT2D eigenvalue weighted by atomic mass is 35.5. The Morgan fingerprint density at radius 3 is 2.28 bits per heavy atom. The molecule has 0 fully saturated rings. The Balaban J connectivity index is 0.00000162. The smallest absolute Gasteiger partial charge is 0.255 e. The van der Waals surface area contributed by atoms with Crippen LogP contribution >= 0.6 is 12.4 Å². The fourth-order valence-corrected chi connectivity index (χ4v) is 1.53. The van der Waals surface area contributed by atoms with Gasteiger partial charge in [0.05, 0.1) is 0 Å². The van der Waals surface area contributed by atoms with Gasteiger partial charge < -0.3 is 5.32 Å². The van der Waals surface area contributed by atoms with Crippen molar-refractivity contribution in [3.8, 4) is 0 Å².